The lowest BCUT2D eigenvalue weighted by Gasteiger charge is -2.11. The minimum atomic E-state index is -0.579. The second-order valence-corrected chi connectivity index (χ2v) is 6.44. The molecule has 1 fully saturated rings. The van der Waals surface area contributed by atoms with Crippen LogP contribution >= 0.6 is 11.8 Å². The number of non-ortho nitro benzene ring substituents is 1. The number of thioether (sulfide) groups is 1. The van der Waals surface area contributed by atoms with E-state index in [1.807, 2.05) is 0 Å². The van der Waals surface area contributed by atoms with Gasteiger partial charge < -0.3 is 4.42 Å². The number of nitrogens with zero attached hydrogens (tertiary/aromatic N) is 2. The number of nitro groups is 1. The Morgan fingerprint density at radius 3 is 2.50 bits per heavy atom. The molecule has 0 spiro atoms. The summed E-state index contributed by atoms with van der Waals surface area (Å²) in [5.41, 5.74) is 0.0321. The van der Waals surface area contributed by atoms with Crippen molar-refractivity contribution >= 4 is 40.5 Å². The van der Waals surface area contributed by atoms with Crippen LogP contribution in [-0.2, 0) is 4.79 Å². The quantitative estimate of drug-likeness (QED) is 0.342. The number of hydrogen-bond acceptors (Lipinski definition) is 7. The maximum Gasteiger partial charge on any atom is 0.293 e. The third kappa shape index (κ3) is 3.57. The molecule has 1 saturated heterocycles. The Morgan fingerprint density at radius 2 is 1.92 bits per heavy atom. The Hall–Kier alpha value is -3.20. The summed E-state index contributed by atoms with van der Waals surface area (Å²) in [5.74, 6) is 0.0418. The number of hydrogen-bond donors (Lipinski definition) is 0. The maximum atomic E-state index is 12.4. The highest BCUT2D eigenvalue weighted by atomic mass is 32.2. The largest absolute Gasteiger partial charge is 0.462 e. The Labute approximate surface area is 151 Å². The predicted octanol–water partition coefficient (Wildman–Crippen LogP) is 3.42. The zero-order valence-corrected chi connectivity index (χ0v) is 14.3. The molecule has 9 heteroatoms. The van der Waals surface area contributed by atoms with E-state index in [0.717, 1.165) is 16.7 Å². The summed E-state index contributed by atoms with van der Waals surface area (Å²) < 4.78 is 5.35. The lowest BCUT2D eigenvalue weighted by molar-refractivity contribution is -0.384. The van der Waals surface area contributed by atoms with E-state index in [1.165, 1.54) is 30.3 Å². The third-order valence-electron chi connectivity index (χ3n) is 3.61. The number of ketones is 1. The molecule has 26 heavy (non-hydrogen) atoms. The molecule has 0 saturated carbocycles. The first kappa shape index (κ1) is 17.6. The number of nitro benzene ring substituents is 1. The standard InChI is InChI=1S/C17H12N2O6S/c1-10-2-7-13(25-10)8-15-16(21)18(17(22)26-15)9-14(20)11-3-5-12(6-4-11)19(23)24/h2-8H,9H2,1H3/b15-8+. The summed E-state index contributed by atoms with van der Waals surface area (Å²) in [6.45, 7) is 1.32. The van der Waals surface area contributed by atoms with Crippen molar-refractivity contribution in [1.29, 1.82) is 0 Å². The van der Waals surface area contributed by atoms with Gasteiger partial charge >= 0.3 is 0 Å². The molecule has 0 unspecified atom stereocenters. The highest BCUT2D eigenvalue weighted by Crippen LogP contribution is 2.32. The summed E-state index contributed by atoms with van der Waals surface area (Å²) in [6, 6.07) is 8.38. The number of aryl methyl sites for hydroxylation is 1. The molecule has 0 atom stereocenters. The minimum absolute atomic E-state index is 0.149. The summed E-state index contributed by atoms with van der Waals surface area (Å²) >= 11 is 0.726. The van der Waals surface area contributed by atoms with Crippen molar-refractivity contribution in [1.82, 2.24) is 4.90 Å². The number of amides is 2. The molecule has 1 aliphatic rings. The monoisotopic (exact) mass is 372 g/mol. The first-order valence-corrected chi connectivity index (χ1v) is 8.26. The highest BCUT2D eigenvalue weighted by Gasteiger charge is 2.36. The van der Waals surface area contributed by atoms with E-state index in [0.29, 0.717) is 11.5 Å². The van der Waals surface area contributed by atoms with Gasteiger partial charge in [0.25, 0.3) is 16.8 Å². The Bertz CT molecular complexity index is 944. The molecule has 3 rings (SSSR count). The van der Waals surface area contributed by atoms with Gasteiger partial charge in [-0.1, -0.05) is 0 Å². The molecule has 2 heterocycles. The zero-order chi connectivity index (χ0) is 18.8. The molecular weight excluding hydrogens is 360 g/mol. The van der Waals surface area contributed by atoms with Crippen LogP contribution in [0.4, 0.5) is 10.5 Å². The van der Waals surface area contributed by atoms with Gasteiger partial charge in [-0.05, 0) is 43.0 Å². The number of carbonyl (C=O) groups excluding carboxylic acids is 3. The van der Waals surface area contributed by atoms with Crippen LogP contribution in [0.5, 0.6) is 0 Å². The lowest BCUT2D eigenvalue weighted by atomic mass is 10.1. The second-order valence-electron chi connectivity index (χ2n) is 5.44. The normalized spacial score (nSPS) is 15.7. The first-order valence-electron chi connectivity index (χ1n) is 7.44. The van der Waals surface area contributed by atoms with Gasteiger partial charge in [0.1, 0.15) is 11.5 Å². The number of furan rings is 1. The molecular formula is C17H12N2O6S. The van der Waals surface area contributed by atoms with Crippen molar-refractivity contribution in [2.75, 3.05) is 6.54 Å². The van der Waals surface area contributed by atoms with E-state index in [9.17, 15) is 24.5 Å². The van der Waals surface area contributed by atoms with Gasteiger partial charge in [0.2, 0.25) is 0 Å². The van der Waals surface area contributed by atoms with Gasteiger partial charge in [-0.15, -0.1) is 0 Å². The van der Waals surface area contributed by atoms with Crippen LogP contribution in [0.1, 0.15) is 21.9 Å². The van der Waals surface area contributed by atoms with Crippen LogP contribution in [0.25, 0.3) is 6.08 Å². The number of carbonyl (C=O) groups is 3. The molecule has 0 aliphatic carbocycles. The SMILES string of the molecule is Cc1ccc(/C=C2/SC(=O)N(CC(=O)c3ccc([N+](=O)[O-])cc3)C2=O)o1. The van der Waals surface area contributed by atoms with E-state index >= 15 is 0 Å². The maximum absolute atomic E-state index is 12.4. The average molecular weight is 372 g/mol. The van der Waals surface area contributed by atoms with Crippen molar-refractivity contribution < 1.29 is 23.7 Å². The summed E-state index contributed by atoms with van der Waals surface area (Å²) in [6.07, 6.45) is 1.45. The van der Waals surface area contributed by atoms with E-state index in [1.54, 1.807) is 19.1 Å². The molecule has 8 nitrogen and oxygen atoms in total. The number of Topliss-reactive ketones (excluding diaryl/α,β-unsaturated/α-hetero) is 1. The molecule has 2 aromatic rings. The van der Waals surface area contributed by atoms with Crippen molar-refractivity contribution in [3.63, 3.8) is 0 Å². The van der Waals surface area contributed by atoms with Gasteiger partial charge in [-0.25, -0.2) is 0 Å². The molecule has 1 aromatic heterocycles. The van der Waals surface area contributed by atoms with Gasteiger partial charge in [-0.3, -0.25) is 29.4 Å². The lowest BCUT2D eigenvalue weighted by Crippen LogP contribution is -2.33. The summed E-state index contributed by atoms with van der Waals surface area (Å²) in [7, 11) is 0. The molecule has 1 aromatic carbocycles. The fourth-order valence-electron chi connectivity index (χ4n) is 2.30. The zero-order valence-electron chi connectivity index (χ0n) is 13.5. The van der Waals surface area contributed by atoms with Crippen LogP contribution in [0.2, 0.25) is 0 Å². The second kappa shape index (κ2) is 6.96. The Balaban J connectivity index is 1.74. The van der Waals surface area contributed by atoms with Gasteiger partial charge in [0.05, 0.1) is 16.4 Å². The Kier molecular flexibility index (Phi) is 4.72. The minimum Gasteiger partial charge on any atom is -0.462 e. The summed E-state index contributed by atoms with van der Waals surface area (Å²) in [5, 5.41) is 10.1. The van der Waals surface area contributed by atoms with Gasteiger partial charge in [-0.2, -0.15) is 0 Å². The third-order valence-corrected chi connectivity index (χ3v) is 4.52. The molecule has 0 radical (unpaired) electrons. The number of benzene rings is 1. The van der Waals surface area contributed by atoms with Crippen molar-refractivity contribution in [2.24, 2.45) is 0 Å². The topological polar surface area (TPSA) is 111 Å². The van der Waals surface area contributed by atoms with Crippen LogP contribution in [0.3, 0.4) is 0 Å². The number of rotatable bonds is 5. The molecule has 132 valence electrons. The Morgan fingerprint density at radius 1 is 1.23 bits per heavy atom. The van der Waals surface area contributed by atoms with E-state index in [2.05, 4.69) is 0 Å². The van der Waals surface area contributed by atoms with E-state index < -0.39 is 28.4 Å². The van der Waals surface area contributed by atoms with Crippen molar-refractivity contribution in [3.8, 4) is 0 Å². The highest BCUT2D eigenvalue weighted by molar-refractivity contribution is 8.18. The first-order chi connectivity index (χ1) is 12.3. The van der Waals surface area contributed by atoms with Crippen LogP contribution in [-0.4, -0.2) is 33.3 Å². The van der Waals surface area contributed by atoms with E-state index in [4.69, 9.17) is 4.42 Å². The van der Waals surface area contributed by atoms with Gasteiger partial charge in [0.15, 0.2) is 5.78 Å². The molecule has 0 N–H and O–H groups in total. The van der Waals surface area contributed by atoms with Crippen LogP contribution < -0.4 is 0 Å². The van der Waals surface area contributed by atoms with Crippen molar-refractivity contribution in [3.05, 3.63) is 68.5 Å². The van der Waals surface area contributed by atoms with E-state index in [-0.39, 0.29) is 16.2 Å². The van der Waals surface area contributed by atoms with Crippen LogP contribution in [0.15, 0.2) is 45.7 Å². The van der Waals surface area contributed by atoms with Crippen molar-refractivity contribution in [2.45, 2.75) is 6.92 Å². The molecule has 0 bridgehead atoms. The predicted molar refractivity (Wildman–Crippen MR) is 93.5 cm³/mol. The molecule has 2 amide bonds. The number of imide groups is 1. The smallest absolute Gasteiger partial charge is 0.293 e. The fraction of sp³-hybridized carbons (Fsp3) is 0.118. The van der Waals surface area contributed by atoms with Gasteiger partial charge in [0, 0.05) is 23.8 Å². The average Bonchev–Trinajstić information content (AvgIpc) is 3.13. The fourth-order valence-corrected chi connectivity index (χ4v) is 3.12. The van der Waals surface area contributed by atoms with Crippen LogP contribution in [0, 0.1) is 17.0 Å². The molecule has 1 aliphatic heterocycles. The summed E-state index contributed by atoms with van der Waals surface area (Å²) in [4.78, 5) is 47.8.